The lowest BCUT2D eigenvalue weighted by atomic mass is 10.0. The highest BCUT2D eigenvalue weighted by atomic mass is 32.1. The van der Waals surface area contributed by atoms with Crippen LogP contribution in [-0.4, -0.2) is 30.1 Å². The molecule has 0 fully saturated rings. The zero-order valence-electron chi connectivity index (χ0n) is 17.9. The minimum Gasteiger partial charge on any atom is -0.496 e. The summed E-state index contributed by atoms with van der Waals surface area (Å²) in [4.78, 5) is 29.7. The average Bonchev–Trinajstić information content (AvgIpc) is 3.20. The highest BCUT2D eigenvalue weighted by Gasteiger charge is 2.25. The summed E-state index contributed by atoms with van der Waals surface area (Å²) in [5, 5.41) is 10.6. The lowest BCUT2D eigenvalue weighted by molar-refractivity contribution is -0.118. The van der Waals surface area contributed by atoms with Gasteiger partial charge in [0.1, 0.15) is 11.8 Å². The number of urea groups is 1. The highest BCUT2D eigenvalue weighted by Crippen LogP contribution is 2.33. The summed E-state index contributed by atoms with van der Waals surface area (Å²) in [6.45, 7) is 5.74. The summed E-state index contributed by atoms with van der Waals surface area (Å²) in [5.41, 5.74) is 3.32. The first-order chi connectivity index (χ1) is 14.9. The first-order valence-corrected chi connectivity index (χ1v) is 10.8. The van der Waals surface area contributed by atoms with E-state index >= 15 is 0 Å². The predicted octanol–water partition coefficient (Wildman–Crippen LogP) is 4.91. The van der Waals surface area contributed by atoms with Gasteiger partial charge in [-0.2, -0.15) is 0 Å². The van der Waals surface area contributed by atoms with Crippen LogP contribution in [0.1, 0.15) is 19.4 Å². The monoisotopic (exact) mass is 438 g/mol. The van der Waals surface area contributed by atoms with E-state index in [0.29, 0.717) is 16.6 Å². The smallest absolute Gasteiger partial charge is 0.319 e. The van der Waals surface area contributed by atoms with Gasteiger partial charge >= 0.3 is 6.03 Å². The Bertz CT molecular complexity index is 1050. The number of ether oxygens (including phenoxy) is 1. The fourth-order valence-corrected chi connectivity index (χ4v) is 3.74. The van der Waals surface area contributed by atoms with Gasteiger partial charge in [-0.3, -0.25) is 4.79 Å². The van der Waals surface area contributed by atoms with Crippen LogP contribution >= 0.6 is 11.3 Å². The molecule has 3 aromatic rings. The van der Waals surface area contributed by atoms with Crippen LogP contribution in [0.3, 0.4) is 0 Å². The standard InChI is InChI=1S/C23H26N4O3S/c1-14(2)20(26-22(29)24-16-8-6-5-7-9-16)21(28)27-23-25-18(13-31-23)17-12-15(3)10-11-19(17)30-4/h5-14,20H,1-4H3,(H2,24,26,29)(H,25,27,28). The predicted molar refractivity (Wildman–Crippen MR) is 125 cm³/mol. The molecular formula is C23H26N4O3S. The number of methoxy groups -OCH3 is 1. The maximum Gasteiger partial charge on any atom is 0.319 e. The van der Waals surface area contributed by atoms with Gasteiger partial charge in [0.15, 0.2) is 5.13 Å². The molecule has 0 aliphatic rings. The Kier molecular flexibility index (Phi) is 7.25. The molecule has 2 aromatic carbocycles. The van der Waals surface area contributed by atoms with Gasteiger partial charge in [-0.05, 0) is 37.1 Å². The van der Waals surface area contributed by atoms with Gasteiger partial charge in [0.2, 0.25) is 5.91 Å². The normalized spacial score (nSPS) is 11.6. The Labute approximate surface area is 185 Å². The minimum absolute atomic E-state index is 0.113. The van der Waals surface area contributed by atoms with Crippen molar-refractivity contribution in [1.82, 2.24) is 10.3 Å². The lowest BCUT2D eigenvalue weighted by Gasteiger charge is -2.21. The van der Waals surface area contributed by atoms with E-state index < -0.39 is 12.1 Å². The zero-order valence-corrected chi connectivity index (χ0v) is 18.7. The number of benzene rings is 2. The van der Waals surface area contributed by atoms with E-state index in [0.717, 1.165) is 16.8 Å². The van der Waals surface area contributed by atoms with Gasteiger partial charge < -0.3 is 20.7 Å². The number of carbonyl (C=O) groups is 2. The van der Waals surface area contributed by atoms with Gasteiger partial charge in [0.25, 0.3) is 0 Å². The molecule has 3 amide bonds. The number of amides is 3. The van der Waals surface area contributed by atoms with E-state index in [1.807, 2.05) is 62.5 Å². The van der Waals surface area contributed by atoms with Crippen molar-refractivity contribution >= 4 is 34.1 Å². The number of rotatable bonds is 7. The molecule has 0 aliphatic heterocycles. The Morgan fingerprint density at radius 2 is 1.81 bits per heavy atom. The number of anilines is 2. The molecule has 1 unspecified atom stereocenters. The van der Waals surface area contributed by atoms with Gasteiger partial charge in [-0.15, -0.1) is 11.3 Å². The maximum atomic E-state index is 12.9. The highest BCUT2D eigenvalue weighted by molar-refractivity contribution is 7.14. The topological polar surface area (TPSA) is 92.4 Å². The quantitative estimate of drug-likeness (QED) is 0.489. The Morgan fingerprint density at radius 1 is 1.06 bits per heavy atom. The number of para-hydroxylation sites is 1. The number of nitrogens with zero attached hydrogens (tertiary/aromatic N) is 1. The molecular weight excluding hydrogens is 412 g/mol. The lowest BCUT2D eigenvalue weighted by Crippen LogP contribution is -2.48. The third-order valence-corrected chi connectivity index (χ3v) is 5.39. The molecule has 162 valence electrons. The molecule has 0 bridgehead atoms. The van der Waals surface area contributed by atoms with E-state index in [-0.39, 0.29) is 11.8 Å². The van der Waals surface area contributed by atoms with E-state index in [1.165, 1.54) is 11.3 Å². The second-order valence-corrected chi connectivity index (χ2v) is 8.28. The summed E-state index contributed by atoms with van der Waals surface area (Å²) >= 11 is 1.32. The van der Waals surface area contributed by atoms with Crippen molar-refractivity contribution in [3.63, 3.8) is 0 Å². The van der Waals surface area contributed by atoms with Gasteiger partial charge in [-0.25, -0.2) is 9.78 Å². The van der Waals surface area contributed by atoms with Crippen molar-refractivity contribution in [3.8, 4) is 17.0 Å². The van der Waals surface area contributed by atoms with Crippen LogP contribution in [0, 0.1) is 12.8 Å². The van der Waals surface area contributed by atoms with Crippen molar-refractivity contribution < 1.29 is 14.3 Å². The number of hydrogen-bond donors (Lipinski definition) is 3. The average molecular weight is 439 g/mol. The number of nitrogens with one attached hydrogen (secondary N) is 3. The summed E-state index contributed by atoms with van der Waals surface area (Å²) in [6.07, 6.45) is 0. The van der Waals surface area contributed by atoms with Crippen molar-refractivity contribution in [3.05, 3.63) is 59.5 Å². The summed E-state index contributed by atoms with van der Waals surface area (Å²) in [5.74, 6) is 0.279. The second-order valence-electron chi connectivity index (χ2n) is 7.42. The van der Waals surface area contributed by atoms with E-state index in [9.17, 15) is 9.59 Å². The summed E-state index contributed by atoms with van der Waals surface area (Å²) < 4.78 is 5.43. The molecule has 0 saturated heterocycles. The number of aromatic nitrogens is 1. The van der Waals surface area contributed by atoms with Crippen LogP contribution in [0.5, 0.6) is 5.75 Å². The number of aryl methyl sites for hydroxylation is 1. The Hall–Kier alpha value is -3.39. The molecule has 7 nitrogen and oxygen atoms in total. The number of thiazole rings is 1. The molecule has 0 radical (unpaired) electrons. The Balaban J connectivity index is 1.69. The second kappa shape index (κ2) is 10.1. The molecule has 1 aromatic heterocycles. The number of hydrogen-bond acceptors (Lipinski definition) is 5. The largest absolute Gasteiger partial charge is 0.496 e. The van der Waals surface area contributed by atoms with Crippen LogP contribution in [0.4, 0.5) is 15.6 Å². The van der Waals surface area contributed by atoms with Crippen LogP contribution in [0.25, 0.3) is 11.3 Å². The molecule has 0 aliphatic carbocycles. The maximum absolute atomic E-state index is 12.9. The fraction of sp³-hybridized carbons (Fsp3) is 0.261. The molecule has 1 heterocycles. The first kappa shape index (κ1) is 22.3. The molecule has 0 saturated carbocycles. The van der Waals surface area contributed by atoms with E-state index in [4.69, 9.17) is 4.74 Å². The SMILES string of the molecule is COc1ccc(C)cc1-c1csc(NC(=O)C(NC(=O)Nc2ccccc2)C(C)C)n1. The van der Waals surface area contributed by atoms with Crippen molar-refractivity contribution in [2.45, 2.75) is 26.8 Å². The van der Waals surface area contributed by atoms with Gasteiger partial charge in [-0.1, -0.05) is 43.7 Å². The van der Waals surface area contributed by atoms with Crippen LogP contribution < -0.4 is 20.7 Å². The van der Waals surface area contributed by atoms with E-state index in [1.54, 1.807) is 19.2 Å². The first-order valence-electron chi connectivity index (χ1n) is 9.91. The Morgan fingerprint density at radius 3 is 2.48 bits per heavy atom. The zero-order chi connectivity index (χ0) is 22.4. The van der Waals surface area contributed by atoms with Crippen LogP contribution in [0.15, 0.2) is 53.9 Å². The molecule has 0 spiro atoms. The van der Waals surface area contributed by atoms with Crippen molar-refractivity contribution in [1.29, 1.82) is 0 Å². The molecule has 31 heavy (non-hydrogen) atoms. The molecule has 3 N–H and O–H groups in total. The van der Waals surface area contributed by atoms with Crippen molar-refractivity contribution in [2.24, 2.45) is 5.92 Å². The van der Waals surface area contributed by atoms with Crippen LogP contribution in [-0.2, 0) is 4.79 Å². The van der Waals surface area contributed by atoms with Crippen LogP contribution in [0.2, 0.25) is 0 Å². The van der Waals surface area contributed by atoms with E-state index in [2.05, 4.69) is 20.9 Å². The van der Waals surface area contributed by atoms with Gasteiger partial charge in [0.05, 0.1) is 12.8 Å². The summed E-state index contributed by atoms with van der Waals surface area (Å²) in [7, 11) is 1.61. The minimum atomic E-state index is -0.718. The molecule has 1 atom stereocenters. The third-order valence-electron chi connectivity index (χ3n) is 4.63. The summed E-state index contributed by atoms with van der Waals surface area (Å²) in [6, 6.07) is 13.8. The van der Waals surface area contributed by atoms with Gasteiger partial charge in [0, 0.05) is 16.6 Å². The third kappa shape index (κ3) is 5.82. The number of carbonyl (C=O) groups excluding carboxylic acids is 2. The molecule has 3 rings (SSSR count). The van der Waals surface area contributed by atoms with Crippen molar-refractivity contribution in [2.75, 3.05) is 17.7 Å². The molecule has 8 heteroatoms. The fourth-order valence-electron chi connectivity index (χ4n) is 3.02.